The Balaban J connectivity index is 2.67. The second kappa shape index (κ2) is 7.92. The van der Waals surface area contributed by atoms with E-state index in [2.05, 4.69) is 38.1 Å². The van der Waals surface area contributed by atoms with Crippen molar-refractivity contribution in [1.82, 2.24) is 15.1 Å². The molecule has 1 heterocycles. The lowest BCUT2D eigenvalue weighted by Gasteiger charge is -2.11. The van der Waals surface area contributed by atoms with Crippen LogP contribution in [0.15, 0.2) is 5.03 Å². The molecule has 1 unspecified atom stereocenters. The van der Waals surface area contributed by atoms with Crippen LogP contribution in [-0.4, -0.2) is 33.8 Å². The summed E-state index contributed by atoms with van der Waals surface area (Å²) in [5.41, 5.74) is 2.39. The molecule has 110 valence electrons. The number of aliphatic hydroxyl groups excluding tert-OH is 1. The molecule has 19 heavy (non-hydrogen) atoms. The SMILES string of the molecule is Cc1nn(C)c(SCC(C)CO)c1CNCC(C)C. The monoisotopic (exact) mass is 285 g/mol. The van der Waals surface area contributed by atoms with Crippen molar-refractivity contribution >= 4 is 11.8 Å². The van der Waals surface area contributed by atoms with Crippen molar-refractivity contribution in [3.63, 3.8) is 0 Å². The molecule has 2 N–H and O–H groups in total. The van der Waals surface area contributed by atoms with Crippen molar-refractivity contribution in [1.29, 1.82) is 0 Å². The highest BCUT2D eigenvalue weighted by Crippen LogP contribution is 2.26. The van der Waals surface area contributed by atoms with E-state index in [-0.39, 0.29) is 6.61 Å². The Hall–Kier alpha value is -0.520. The van der Waals surface area contributed by atoms with E-state index in [1.54, 1.807) is 11.8 Å². The van der Waals surface area contributed by atoms with Gasteiger partial charge >= 0.3 is 0 Å². The number of nitrogens with one attached hydrogen (secondary N) is 1. The molecule has 0 saturated heterocycles. The third-order valence-electron chi connectivity index (χ3n) is 2.96. The van der Waals surface area contributed by atoms with Crippen LogP contribution in [0.25, 0.3) is 0 Å². The summed E-state index contributed by atoms with van der Waals surface area (Å²) in [6, 6.07) is 0. The van der Waals surface area contributed by atoms with Crippen LogP contribution in [0.3, 0.4) is 0 Å². The zero-order chi connectivity index (χ0) is 14.4. The van der Waals surface area contributed by atoms with Gasteiger partial charge in [0.1, 0.15) is 0 Å². The normalized spacial score (nSPS) is 13.2. The fourth-order valence-corrected chi connectivity index (χ4v) is 2.99. The maximum absolute atomic E-state index is 9.11. The van der Waals surface area contributed by atoms with Gasteiger partial charge in [-0.1, -0.05) is 20.8 Å². The maximum atomic E-state index is 9.11. The Bertz CT molecular complexity index is 390. The average Bonchev–Trinajstić information content (AvgIpc) is 2.61. The maximum Gasteiger partial charge on any atom is 0.0984 e. The lowest BCUT2D eigenvalue weighted by molar-refractivity contribution is 0.250. The van der Waals surface area contributed by atoms with E-state index < -0.39 is 0 Å². The largest absolute Gasteiger partial charge is 0.396 e. The molecular formula is C14H27N3OS. The molecule has 4 nitrogen and oxygen atoms in total. The van der Waals surface area contributed by atoms with Gasteiger partial charge in [-0.15, -0.1) is 11.8 Å². The molecule has 1 aromatic heterocycles. The number of hydrogen-bond donors (Lipinski definition) is 2. The lowest BCUT2D eigenvalue weighted by atomic mass is 10.2. The lowest BCUT2D eigenvalue weighted by Crippen LogP contribution is -2.19. The molecule has 0 bridgehead atoms. The first-order chi connectivity index (χ1) is 8.95. The van der Waals surface area contributed by atoms with Crippen LogP contribution >= 0.6 is 11.8 Å². The van der Waals surface area contributed by atoms with Crippen LogP contribution in [0.1, 0.15) is 32.0 Å². The third kappa shape index (κ3) is 5.16. The molecule has 0 aliphatic heterocycles. The average molecular weight is 285 g/mol. The fourth-order valence-electron chi connectivity index (χ4n) is 1.82. The van der Waals surface area contributed by atoms with Crippen molar-refractivity contribution in [3.05, 3.63) is 11.3 Å². The summed E-state index contributed by atoms with van der Waals surface area (Å²) in [5.74, 6) is 1.89. The molecule has 0 spiro atoms. The van der Waals surface area contributed by atoms with Crippen molar-refractivity contribution in [2.75, 3.05) is 18.9 Å². The number of hydrogen-bond acceptors (Lipinski definition) is 4. The number of aliphatic hydroxyl groups is 1. The number of rotatable bonds is 8. The van der Waals surface area contributed by atoms with E-state index in [0.29, 0.717) is 11.8 Å². The standard InChI is InChI=1S/C14H27N3OS/c1-10(2)6-15-7-13-12(4)16-17(5)14(13)19-9-11(3)8-18/h10-11,15,18H,6-9H2,1-5H3. The van der Waals surface area contributed by atoms with E-state index in [0.717, 1.165) is 24.5 Å². The smallest absolute Gasteiger partial charge is 0.0984 e. The summed E-state index contributed by atoms with van der Waals surface area (Å²) in [6.07, 6.45) is 0. The van der Waals surface area contributed by atoms with Crippen molar-refractivity contribution in [3.8, 4) is 0 Å². The molecule has 0 radical (unpaired) electrons. The van der Waals surface area contributed by atoms with Gasteiger partial charge < -0.3 is 10.4 Å². The van der Waals surface area contributed by atoms with Gasteiger partial charge in [0.25, 0.3) is 0 Å². The molecule has 1 rings (SSSR count). The number of thioether (sulfide) groups is 1. The highest BCUT2D eigenvalue weighted by molar-refractivity contribution is 7.99. The van der Waals surface area contributed by atoms with Crippen molar-refractivity contribution in [2.24, 2.45) is 18.9 Å². The minimum Gasteiger partial charge on any atom is -0.396 e. The summed E-state index contributed by atoms with van der Waals surface area (Å²) < 4.78 is 1.95. The molecular weight excluding hydrogens is 258 g/mol. The summed E-state index contributed by atoms with van der Waals surface area (Å²) in [6.45, 7) is 10.7. The minimum atomic E-state index is 0.241. The molecule has 0 saturated carbocycles. The van der Waals surface area contributed by atoms with Crippen LogP contribution in [0.5, 0.6) is 0 Å². The number of aryl methyl sites for hydroxylation is 2. The van der Waals surface area contributed by atoms with Gasteiger partial charge in [0.2, 0.25) is 0 Å². The summed E-state index contributed by atoms with van der Waals surface area (Å²) >= 11 is 1.79. The molecule has 0 fully saturated rings. The Kier molecular flexibility index (Phi) is 6.89. The molecule has 0 aliphatic rings. The van der Waals surface area contributed by atoms with Crippen LogP contribution in [-0.2, 0) is 13.6 Å². The quantitative estimate of drug-likeness (QED) is 0.719. The minimum absolute atomic E-state index is 0.241. The second-order valence-corrected chi connectivity index (χ2v) is 6.62. The van der Waals surface area contributed by atoms with Gasteiger partial charge in [-0.2, -0.15) is 5.10 Å². The van der Waals surface area contributed by atoms with E-state index >= 15 is 0 Å². The van der Waals surface area contributed by atoms with Gasteiger partial charge in [-0.3, -0.25) is 4.68 Å². The highest BCUT2D eigenvalue weighted by atomic mass is 32.2. The first-order valence-corrected chi connectivity index (χ1v) is 7.91. The zero-order valence-corrected chi connectivity index (χ0v) is 13.5. The van der Waals surface area contributed by atoms with Crippen LogP contribution < -0.4 is 5.32 Å². The van der Waals surface area contributed by atoms with Gasteiger partial charge in [0.05, 0.1) is 10.7 Å². The van der Waals surface area contributed by atoms with Crippen molar-refractivity contribution < 1.29 is 5.11 Å². The topological polar surface area (TPSA) is 50.1 Å². The summed E-state index contributed by atoms with van der Waals surface area (Å²) in [7, 11) is 1.99. The predicted octanol–water partition coefficient (Wildman–Crippen LogP) is 2.19. The zero-order valence-electron chi connectivity index (χ0n) is 12.7. The highest BCUT2D eigenvalue weighted by Gasteiger charge is 2.14. The molecule has 0 aromatic carbocycles. The third-order valence-corrected chi connectivity index (χ3v) is 4.48. The van der Waals surface area contributed by atoms with Gasteiger partial charge in [-0.05, 0) is 25.3 Å². The Morgan fingerprint density at radius 1 is 1.37 bits per heavy atom. The number of nitrogens with zero attached hydrogens (tertiary/aromatic N) is 2. The Labute approximate surface area is 121 Å². The Morgan fingerprint density at radius 3 is 2.63 bits per heavy atom. The van der Waals surface area contributed by atoms with Gasteiger partial charge in [-0.25, -0.2) is 0 Å². The molecule has 0 aliphatic carbocycles. The van der Waals surface area contributed by atoms with Crippen LogP contribution in [0, 0.1) is 18.8 Å². The summed E-state index contributed by atoms with van der Waals surface area (Å²) in [4.78, 5) is 0. The van der Waals surface area contributed by atoms with E-state index in [9.17, 15) is 0 Å². The molecule has 0 amide bonds. The fraction of sp³-hybridized carbons (Fsp3) is 0.786. The van der Waals surface area contributed by atoms with Crippen LogP contribution in [0.2, 0.25) is 0 Å². The van der Waals surface area contributed by atoms with Crippen molar-refractivity contribution in [2.45, 2.75) is 39.3 Å². The van der Waals surface area contributed by atoms with E-state index in [4.69, 9.17) is 5.11 Å². The second-order valence-electron chi connectivity index (χ2n) is 5.62. The number of aromatic nitrogens is 2. The van der Waals surface area contributed by atoms with E-state index in [1.807, 2.05) is 11.7 Å². The Morgan fingerprint density at radius 2 is 2.05 bits per heavy atom. The predicted molar refractivity (Wildman–Crippen MR) is 81.5 cm³/mol. The first kappa shape index (κ1) is 16.5. The molecule has 5 heteroatoms. The van der Waals surface area contributed by atoms with Gasteiger partial charge in [0, 0.05) is 31.5 Å². The molecule has 1 aromatic rings. The van der Waals surface area contributed by atoms with Crippen LogP contribution in [0.4, 0.5) is 0 Å². The summed E-state index contributed by atoms with van der Waals surface area (Å²) in [5, 5.41) is 18.3. The van der Waals surface area contributed by atoms with E-state index in [1.165, 1.54) is 10.6 Å². The molecule has 1 atom stereocenters. The van der Waals surface area contributed by atoms with Gasteiger partial charge in [0.15, 0.2) is 0 Å². The first-order valence-electron chi connectivity index (χ1n) is 6.92.